The number of aryl methyl sites for hydroxylation is 1. The van der Waals surface area contributed by atoms with Crippen molar-refractivity contribution in [1.82, 2.24) is 19.9 Å². The lowest BCUT2D eigenvalue weighted by atomic mass is 10.4. The molecule has 0 saturated carbocycles. The first-order valence-corrected chi connectivity index (χ1v) is 4.76. The number of hydrogen-bond donors (Lipinski definition) is 0. The van der Waals surface area contributed by atoms with Crippen LogP contribution < -0.4 is 0 Å². The van der Waals surface area contributed by atoms with Crippen molar-refractivity contribution in [2.45, 2.75) is 20.8 Å². The SMILES string of the molecule is CC.Cc1nc(Cl)nc2nccnc12. The minimum atomic E-state index is 0.209. The van der Waals surface area contributed by atoms with Crippen molar-refractivity contribution in [2.75, 3.05) is 0 Å². The van der Waals surface area contributed by atoms with E-state index in [2.05, 4.69) is 19.9 Å². The zero-order chi connectivity index (χ0) is 10.6. The summed E-state index contributed by atoms with van der Waals surface area (Å²) in [6, 6.07) is 0. The first-order chi connectivity index (χ1) is 6.77. The molecule has 2 heterocycles. The molecular formula is C9H11ClN4. The fraction of sp³-hybridized carbons (Fsp3) is 0.333. The Morgan fingerprint density at radius 2 is 1.71 bits per heavy atom. The molecule has 2 aromatic rings. The molecule has 0 saturated heterocycles. The monoisotopic (exact) mass is 210 g/mol. The van der Waals surface area contributed by atoms with Gasteiger partial charge in [-0.15, -0.1) is 0 Å². The van der Waals surface area contributed by atoms with E-state index < -0.39 is 0 Å². The molecule has 0 fully saturated rings. The summed E-state index contributed by atoms with van der Waals surface area (Å²) in [4.78, 5) is 16.0. The van der Waals surface area contributed by atoms with Crippen LogP contribution in [0.4, 0.5) is 0 Å². The van der Waals surface area contributed by atoms with Crippen LogP contribution in [-0.4, -0.2) is 19.9 Å². The number of hydrogen-bond acceptors (Lipinski definition) is 4. The fourth-order valence-electron chi connectivity index (χ4n) is 0.971. The van der Waals surface area contributed by atoms with Gasteiger partial charge in [-0.3, -0.25) is 0 Å². The third kappa shape index (κ3) is 2.14. The second-order valence-corrected chi connectivity index (χ2v) is 2.64. The minimum absolute atomic E-state index is 0.209. The van der Waals surface area contributed by atoms with Crippen molar-refractivity contribution in [3.8, 4) is 0 Å². The molecule has 0 amide bonds. The number of nitrogens with zero attached hydrogens (tertiary/aromatic N) is 4. The van der Waals surface area contributed by atoms with Gasteiger partial charge in [0.05, 0.1) is 5.69 Å². The van der Waals surface area contributed by atoms with E-state index in [1.807, 2.05) is 20.8 Å². The quantitative estimate of drug-likeness (QED) is 0.627. The number of rotatable bonds is 0. The molecule has 0 aliphatic rings. The summed E-state index contributed by atoms with van der Waals surface area (Å²) in [6.45, 7) is 5.82. The molecule has 0 aromatic carbocycles. The van der Waals surface area contributed by atoms with Crippen molar-refractivity contribution in [3.05, 3.63) is 23.4 Å². The minimum Gasteiger partial charge on any atom is -0.249 e. The largest absolute Gasteiger partial charge is 0.249 e. The average Bonchev–Trinajstić information content (AvgIpc) is 2.20. The highest BCUT2D eigenvalue weighted by molar-refractivity contribution is 6.28. The Bertz CT molecular complexity index is 430. The average molecular weight is 211 g/mol. The fourth-order valence-corrected chi connectivity index (χ4v) is 1.18. The predicted octanol–water partition coefficient (Wildman–Crippen LogP) is 2.41. The van der Waals surface area contributed by atoms with Gasteiger partial charge in [0.25, 0.3) is 0 Å². The van der Waals surface area contributed by atoms with Gasteiger partial charge < -0.3 is 0 Å². The molecule has 0 N–H and O–H groups in total. The van der Waals surface area contributed by atoms with Gasteiger partial charge in [0.15, 0.2) is 5.65 Å². The summed E-state index contributed by atoms with van der Waals surface area (Å²) >= 11 is 5.63. The summed E-state index contributed by atoms with van der Waals surface area (Å²) in [5, 5.41) is 0.209. The lowest BCUT2D eigenvalue weighted by Crippen LogP contribution is -1.93. The van der Waals surface area contributed by atoms with Crippen LogP contribution in [0.15, 0.2) is 12.4 Å². The molecule has 0 bridgehead atoms. The topological polar surface area (TPSA) is 51.6 Å². The number of halogens is 1. The Kier molecular flexibility index (Phi) is 3.71. The van der Waals surface area contributed by atoms with Crippen molar-refractivity contribution in [2.24, 2.45) is 0 Å². The molecular weight excluding hydrogens is 200 g/mol. The van der Waals surface area contributed by atoms with Gasteiger partial charge in [-0.1, -0.05) is 13.8 Å². The van der Waals surface area contributed by atoms with Gasteiger partial charge in [0, 0.05) is 12.4 Å². The molecule has 2 aromatic heterocycles. The van der Waals surface area contributed by atoms with Crippen molar-refractivity contribution >= 4 is 22.8 Å². The van der Waals surface area contributed by atoms with Crippen molar-refractivity contribution in [3.63, 3.8) is 0 Å². The van der Waals surface area contributed by atoms with E-state index in [0.29, 0.717) is 11.2 Å². The second-order valence-electron chi connectivity index (χ2n) is 2.31. The third-order valence-corrected chi connectivity index (χ3v) is 1.65. The lowest BCUT2D eigenvalue weighted by Gasteiger charge is -1.97. The molecule has 0 aliphatic carbocycles. The summed E-state index contributed by atoms with van der Waals surface area (Å²) in [6.07, 6.45) is 3.18. The van der Waals surface area contributed by atoms with E-state index in [9.17, 15) is 0 Å². The molecule has 2 rings (SSSR count). The predicted molar refractivity (Wildman–Crippen MR) is 56.2 cm³/mol. The van der Waals surface area contributed by atoms with Gasteiger partial charge in [0.2, 0.25) is 5.28 Å². The molecule has 0 radical (unpaired) electrons. The Labute approximate surface area is 87.4 Å². The third-order valence-electron chi connectivity index (χ3n) is 1.48. The van der Waals surface area contributed by atoms with E-state index >= 15 is 0 Å². The van der Waals surface area contributed by atoms with Crippen LogP contribution in [0.5, 0.6) is 0 Å². The highest BCUT2D eigenvalue weighted by atomic mass is 35.5. The van der Waals surface area contributed by atoms with Crippen LogP contribution >= 0.6 is 11.6 Å². The van der Waals surface area contributed by atoms with Crippen LogP contribution in [0.25, 0.3) is 11.2 Å². The highest BCUT2D eigenvalue weighted by Crippen LogP contribution is 2.11. The van der Waals surface area contributed by atoms with Gasteiger partial charge in [0.1, 0.15) is 5.52 Å². The van der Waals surface area contributed by atoms with E-state index in [1.54, 1.807) is 12.4 Å². The summed E-state index contributed by atoms with van der Waals surface area (Å²) in [5.74, 6) is 0. The van der Waals surface area contributed by atoms with Crippen LogP contribution in [0.3, 0.4) is 0 Å². The van der Waals surface area contributed by atoms with Crippen LogP contribution in [0, 0.1) is 6.92 Å². The molecule has 0 atom stereocenters. The Balaban J connectivity index is 0.000000461. The van der Waals surface area contributed by atoms with Gasteiger partial charge >= 0.3 is 0 Å². The molecule has 0 unspecified atom stereocenters. The van der Waals surface area contributed by atoms with Gasteiger partial charge in [-0.2, -0.15) is 4.98 Å². The van der Waals surface area contributed by atoms with E-state index in [4.69, 9.17) is 11.6 Å². The van der Waals surface area contributed by atoms with Crippen LogP contribution in [0.1, 0.15) is 19.5 Å². The molecule has 14 heavy (non-hydrogen) atoms. The maximum absolute atomic E-state index is 5.63. The van der Waals surface area contributed by atoms with Gasteiger partial charge in [-0.05, 0) is 18.5 Å². The molecule has 74 valence electrons. The maximum atomic E-state index is 5.63. The summed E-state index contributed by atoms with van der Waals surface area (Å²) in [7, 11) is 0. The standard InChI is InChI=1S/C7H5ClN4.C2H6/c1-4-5-6(10-3-2-9-5)12-7(8)11-4;1-2/h2-3H,1H3;1-2H3. The maximum Gasteiger partial charge on any atom is 0.224 e. The number of aromatic nitrogens is 4. The molecule has 0 aliphatic heterocycles. The summed E-state index contributed by atoms with van der Waals surface area (Å²) < 4.78 is 0. The van der Waals surface area contributed by atoms with E-state index in [0.717, 1.165) is 5.69 Å². The first kappa shape index (κ1) is 10.8. The van der Waals surface area contributed by atoms with Gasteiger partial charge in [-0.25, -0.2) is 15.0 Å². The highest BCUT2D eigenvalue weighted by Gasteiger charge is 2.02. The Hall–Kier alpha value is -1.29. The van der Waals surface area contributed by atoms with Crippen LogP contribution in [0.2, 0.25) is 5.28 Å². The Morgan fingerprint density at radius 3 is 2.43 bits per heavy atom. The van der Waals surface area contributed by atoms with Crippen LogP contribution in [-0.2, 0) is 0 Å². The smallest absolute Gasteiger partial charge is 0.224 e. The Morgan fingerprint density at radius 1 is 1.07 bits per heavy atom. The molecule has 0 spiro atoms. The second kappa shape index (κ2) is 4.81. The van der Waals surface area contributed by atoms with Crippen molar-refractivity contribution < 1.29 is 0 Å². The normalized spacial score (nSPS) is 9.43. The zero-order valence-electron chi connectivity index (χ0n) is 8.32. The zero-order valence-corrected chi connectivity index (χ0v) is 9.08. The van der Waals surface area contributed by atoms with E-state index in [-0.39, 0.29) is 5.28 Å². The molecule has 5 heteroatoms. The van der Waals surface area contributed by atoms with Crippen molar-refractivity contribution in [1.29, 1.82) is 0 Å². The van der Waals surface area contributed by atoms with E-state index in [1.165, 1.54) is 0 Å². The summed E-state index contributed by atoms with van der Waals surface area (Å²) in [5.41, 5.74) is 1.98. The lowest BCUT2D eigenvalue weighted by molar-refractivity contribution is 1.10. The first-order valence-electron chi connectivity index (χ1n) is 4.38. The number of fused-ring (bicyclic) bond motifs is 1. The molecule has 4 nitrogen and oxygen atoms in total.